The molecule has 0 radical (unpaired) electrons. The second kappa shape index (κ2) is 37.4. The fourth-order valence-electron chi connectivity index (χ4n) is 13.0. The molecule has 22 nitrogen and oxygen atoms in total. The normalized spacial score (nSPS) is 15.4. The van der Waals surface area contributed by atoms with Gasteiger partial charge in [0.15, 0.2) is 34.5 Å². The van der Waals surface area contributed by atoms with Crippen molar-refractivity contribution in [2.45, 2.75) is 95.4 Å². The topological polar surface area (TPSA) is 292 Å². The number of benzene rings is 6. The Hall–Kier alpha value is -7.25. The molecule has 0 bridgehead atoms. The van der Waals surface area contributed by atoms with Gasteiger partial charge in [0.25, 0.3) is 5.69 Å². The number of para-hydroxylation sites is 3. The Balaban J connectivity index is 0.000000232. The summed E-state index contributed by atoms with van der Waals surface area (Å²) in [5.41, 5.74) is 15.9. The molecule has 99 heavy (non-hydrogen) atoms. The molecule has 2 saturated heterocycles. The molecule has 4 heterocycles. The van der Waals surface area contributed by atoms with Gasteiger partial charge in [-0.1, -0.05) is 66.7 Å². The Morgan fingerprint density at radius 2 is 1.03 bits per heavy atom. The summed E-state index contributed by atoms with van der Waals surface area (Å²) in [5, 5.41) is 12.1. The van der Waals surface area contributed by atoms with E-state index in [0.717, 1.165) is 83.5 Å². The van der Waals surface area contributed by atoms with E-state index in [1.807, 2.05) is 75.4 Å². The van der Waals surface area contributed by atoms with Gasteiger partial charge in [-0.05, 0) is 165 Å². The second-order valence-electron chi connectivity index (χ2n) is 24.5. The molecule has 3 atom stereocenters. The van der Waals surface area contributed by atoms with Crippen molar-refractivity contribution in [3.05, 3.63) is 188 Å². The number of nitro benzene ring substituents is 1. The Bertz CT molecular complexity index is 4280. The van der Waals surface area contributed by atoms with Crippen LogP contribution in [0.4, 0.5) is 11.4 Å². The summed E-state index contributed by atoms with van der Waals surface area (Å²) in [7, 11) is -5.31. The molecular weight excluding hydrogens is 1500 g/mol. The summed E-state index contributed by atoms with van der Waals surface area (Å²) in [4.78, 5) is 28.0. The molecule has 3 N–H and O–H groups in total. The first kappa shape index (κ1) is 80.7. The Morgan fingerprint density at radius 1 is 0.586 bits per heavy atom. The van der Waals surface area contributed by atoms with Gasteiger partial charge in [0.05, 0.1) is 99.2 Å². The summed E-state index contributed by atoms with van der Waals surface area (Å²) < 4.78 is 125. The number of aromatic amines is 1. The van der Waals surface area contributed by atoms with Crippen LogP contribution in [0, 0.1) is 17.5 Å². The van der Waals surface area contributed by atoms with Crippen LogP contribution >= 0.6 is 0 Å². The third-order valence-electron chi connectivity index (χ3n) is 17.5. The van der Waals surface area contributed by atoms with E-state index in [0.29, 0.717) is 122 Å². The molecule has 0 unspecified atom stereocenters. The molecule has 3 aliphatic rings. The second-order valence-corrected chi connectivity index (χ2v) is 31.0. The Labute approximate surface area is 597 Å². The number of rotatable bonds is 27. The summed E-state index contributed by atoms with van der Waals surface area (Å²) in [6.07, 6.45) is 10.5. The van der Waals surface area contributed by atoms with Crippen LogP contribution in [0.15, 0.2) is 120 Å². The number of ether oxygens (including phenoxy) is 9. The predicted octanol–water partition coefficient (Wildman–Crippen LogP) is 11.8. The largest absolute Gasteiger partial charge is 0.493 e. The van der Waals surface area contributed by atoms with Crippen molar-refractivity contribution in [2.24, 2.45) is 0 Å². The smallest absolute Gasteiger partial charge is 0.327 e. The van der Waals surface area contributed by atoms with Gasteiger partial charge in [0.2, 0.25) is 0 Å². The number of sulfone groups is 3. The number of nitrogens with two attached hydrogens (primary N) is 1. The van der Waals surface area contributed by atoms with Gasteiger partial charge >= 0.3 is 5.69 Å². The molecular formula is C73H95N4O18S3W-. The van der Waals surface area contributed by atoms with Gasteiger partial charge in [-0.3, -0.25) is 14.7 Å². The molecule has 7 aromatic rings. The van der Waals surface area contributed by atoms with E-state index in [9.17, 15) is 40.2 Å². The molecule has 3 aliphatic heterocycles. The van der Waals surface area contributed by atoms with E-state index in [1.165, 1.54) is 25.9 Å². The van der Waals surface area contributed by atoms with Gasteiger partial charge in [0, 0.05) is 89.3 Å². The van der Waals surface area contributed by atoms with Crippen molar-refractivity contribution in [2.75, 3.05) is 123 Å². The van der Waals surface area contributed by atoms with Crippen LogP contribution < -0.4 is 39.8 Å². The maximum Gasteiger partial charge on any atom is 0.327 e. The van der Waals surface area contributed by atoms with Crippen LogP contribution in [0.1, 0.15) is 127 Å². The molecule has 540 valence electrons. The monoisotopic (exact) mass is 1600 g/mol. The minimum absolute atomic E-state index is 0. The van der Waals surface area contributed by atoms with Gasteiger partial charge in [-0.2, -0.15) is 0 Å². The molecule has 2 fully saturated rings. The van der Waals surface area contributed by atoms with Crippen molar-refractivity contribution < 1.29 is 93.9 Å². The number of imidazole rings is 1. The third kappa shape index (κ3) is 22.1. The number of hydrogen-bond acceptors (Lipinski definition) is 19. The summed E-state index contributed by atoms with van der Waals surface area (Å²) in [6, 6.07) is 32.6. The number of fused-ring (bicyclic) bond motifs is 1. The first-order valence-corrected chi connectivity index (χ1v) is 38.8. The zero-order valence-corrected chi connectivity index (χ0v) is 63.6. The number of nitrogens with zero attached hydrogens (tertiary/aromatic N) is 2. The van der Waals surface area contributed by atoms with Crippen LogP contribution in [0.25, 0.3) is 16.6 Å². The number of nitrogens with one attached hydrogen (secondary N) is 1. The number of nitrogen functional groups attached to an aromatic ring is 1. The van der Waals surface area contributed by atoms with Gasteiger partial charge in [0.1, 0.15) is 29.5 Å². The minimum atomic E-state index is -3.42. The average Bonchev–Trinajstić information content (AvgIpc) is 1.64. The summed E-state index contributed by atoms with van der Waals surface area (Å²) >= 11 is 0. The Morgan fingerprint density at radius 3 is 1.49 bits per heavy atom. The SMILES string of the molecule is CCOc1cc([C@@H](CS(C)(=O)=O)n2c(=O)[nH]c3c(C4CCOCC4)cccc32)ccc1OC.CCOc1cc([C@H](Cc2cccc(C3=CCOCC3)c2[N+](=O)[O-])CS(C)(=O)=O)ccc1OC.CCOc1cc([C@H](Cc2cccc(C3CCOCC3)c2N)CS(C)(=O)=O)ccc1OC.[CH3-].[W]. The zero-order chi connectivity index (χ0) is 70.0. The van der Waals surface area contributed by atoms with Gasteiger partial charge < -0.3 is 60.8 Å². The molecule has 0 saturated carbocycles. The number of H-pyrrole nitrogens is 1. The van der Waals surface area contributed by atoms with E-state index in [2.05, 4.69) is 11.1 Å². The van der Waals surface area contributed by atoms with Crippen LogP contribution in [0.2, 0.25) is 0 Å². The number of aromatic nitrogens is 2. The molecule has 0 aliphatic carbocycles. The fraction of sp³-hybridized carbons (Fsp3) is 0.452. The van der Waals surface area contributed by atoms with Crippen molar-refractivity contribution in [3.8, 4) is 34.5 Å². The maximum atomic E-state index is 13.2. The molecule has 6 aromatic carbocycles. The molecule has 26 heteroatoms. The molecule has 1 aromatic heterocycles. The summed E-state index contributed by atoms with van der Waals surface area (Å²) in [6.45, 7) is 10.8. The van der Waals surface area contributed by atoms with E-state index in [1.54, 1.807) is 73.4 Å². The van der Waals surface area contributed by atoms with Gasteiger partial charge in [-0.15, -0.1) is 0 Å². The van der Waals surface area contributed by atoms with Crippen LogP contribution in [0.3, 0.4) is 0 Å². The number of nitro groups is 1. The Kier molecular flexibility index (Phi) is 30.5. The first-order chi connectivity index (χ1) is 46.4. The van der Waals surface area contributed by atoms with Gasteiger partial charge in [-0.25, -0.2) is 30.0 Å². The molecule has 0 amide bonds. The zero-order valence-electron chi connectivity index (χ0n) is 58.2. The van der Waals surface area contributed by atoms with Crippen molar-refractivity contribution in [1.82, 2.24) is 9.55 Å². The number of anilines is 1. The van der Waals surface area contributed by atoms with Crippen molar-refractivity contribution in [1.29, 1.82) is 0 Å². The fourth-order valence-corrected chi connectivity index (χ4v) is 16.0. The van der Waals surface area contributed by atoms with E-state index >= 15 is 0 Å². The van der Waals surface area contributed by atoms with Crippen molar-refractivity contribution in [3.63, 3.8) is 0 Å². The predicted molar refractivity (Wildman–Crippen MR) is 385 cm³/mol. The summed E-state index contributed by atoms with van der Waals surface area (Å²) in [5.74, 6) is 2.93. The average molecular weight is 1600 g/mol. The van der Waals surface area contributed by atoms with Crippen molar-refractivity contribution >= 4 is 57.5 Å². The van der Waals surface area contributed by atoms with Crippen LogP contribution in [-0.2, 0) is 77.6 Å². The molecule has 0 spiro atoms. The standard InChI is InChI=1S/C24H30N2O6S.C24H29NO7S.C24H33NO5S.CH3.W/c1-4-32-22-14-17(8-9-21(22)30-2)20(15-33(3,28)29)26-19-7-5-6-18(23(19)25-24(26)27)16-10-12-31-13-11-16;1-4-32-23-15-18(8-9-22(23)30-2)20(16-33(3,28)29)14-19-6-5-7-21(24(19)25(26)27)17-10-12-31-13-11-17;1-4-30-23-15-18(8-9-22(23)28-2)20(16-31(3,26)27)14-19-6-5-7-21(24(19)25)17-10-12-29-13-11-17;;/h5-9,14,16,20H,4,10-13,15H2,1-3H3,(H,25,27);5-10,15,20H,4,11-14,16H2,1-3H3;5-9,15,17,20H,4,10-14,16,25H2,1-3H3;1H3;/q;;;-1;/t3*20-;;/m111../s1. The van der Waals surface area contributed by atoms with E-state index < -0.39 is 41.5 Å². The maximum absolute atomic E-state index is 13.2. The van der Waals surface area contributed by atoms with E-state index in [4.69, 9.17) is 48.4 Å². The number of hydrogen-bond donors (Lipinski definition) is 2. The quantitative estimate of drug-likeness (QED) is 0.0209. The third-order valence-corrected chi connectivity index (χ3v) is 20.4. The van der Waals surface area contributed by atoms with E-state index in [-0.39, 0.29) is 80.3 Å². The van der Waals surface area contributed by atoms with Crippen LogP contribution in [-0.4, -0.2) is 157 Å². The van der Waals surface area contributed by atoms with Crippen LogP contribution in [0.5, 0.6) is 34.5 Å². The molecule has 10 rings (SSSR count). The minimum Gasteiger partial charge on any atom is -0.493 e. The number of methoxy groups -OCH3 is 3. The first-order valence-electron chi connectivity index (χ1n) is 32.6.